The molecule has 0 radical (unpaired) electrons. The number of hydrogen-bond acceptors (Lipinski definition) is 14. The molecule has 0 amide bonds. The van der Waals surface area contributed by atoms with Gasteiger partial charge in [-0.3, -0.25) is 0 Å². The molecule has 1 saturated heterocycles. The second-order valence-electron chi connectivity index (χ2n) is 9.08. The van der Waals surface area contributed by atoms with E-state index in [0.717, 1.165) is 0 Å². The van der Waals surface area contributed by atoms with E-state index in [9.17, 15) is 56.2 Å². The number of nitrogens with one attached hydrogen (secondary N) is 1. The van der Waals surface area contributed by atoms with E-state index < -0.39 is 105 Å². The molecule has 0 aromatic carbocycles. The molecule has 3 aliphatic rings. The summed E-state index contributed by atoms with van der Waals surface area (Å²) in [6, 6.07) is -1.98. The van der Waals surface area contributed by atoms with Crippen molar-refractivity contribution in [3.63, 3.8) is 0 Å². The Balaban J connectivity index is 1.79. The molecule has 14 unspecified atom stereocenters. The summed E-state index contributed by atoms with van der Waals surface area (Å²) in [7, 11) is 0. The van der Waals surface area contributed by atoms with E-state index >= 15 is 0 Å². The number of ether oxygens (including phenoxy) is 2. The van der Waals surface area contributed by atoms with E-state index in [4.69, 9.17) is 9.47 Å². The van der Waals surface area contributed by atoms with Crippen LogP contribution in [-0.4, -0.2) is 155 Å². The number of hydrogen-bond donors (Lipinski definition) is 12. The maximum Gasteiger partial charge on any atom is 0.187 e. The van der Waals surface area contributed by atoms with Gasteiger partial charge in [-0.15, -0.1) is 0 Å². The van der Waals surface area contributed by atoms with E-state index in [1.165, 1.54) is 6.08 Å². The zero-order chi connectivity index (χ0) is 25.3. The van der Waals surface area contributed by atoms with Crippen LogP contribution in [0.2, 0.25) is 0 Å². The SMILES string of the molecule is OCC1=CC(NC2CC(CO)C(O)C(OC3OC(CO)C(O)C(O)C3O)C2O)C(O)C(O)C1O. The average Bonchev–Trinajstić information content (AvgIpc) is 2.83. The molecule has 198 valence electrons. The van der Waals surface area contributed by atoms with Gasteiger partial charge in [0.25, 0.3) is 0 Å². The molecule has 2 aliphatic carbocycles. The second kappa shape index (κ2) is 11.5. The van der Waals surface area contributed by atoms with Crippen molar-refractivity contribution in [3.8, 4) is 0 Å². The van der Waals surface area contributed by atoms with Crippen LogP contribution in [-0.2, 0) is 9.47 Å². The number of aliphatic hydroxyl groups excluding tert-OH is 11. The molecule has 1 saturated carbocycles. The van der Waals surface area contributed by atoms with Gasteiger partial charge in [0.15, 0.2) is 6.29 Å². The van der Waals surface area contributed by atoms with E-state index in [0.29, 0.717) is 0 Å². The molecule has 1 aliphatic heterocycles. The minimum Gasteiger partial charge on any atom is -0.396 e. The summed E-state index contributed by atoms with van der Waals surface area (Å²) in [5, 5.41) is 113. The summed E-state index contributed by atoms with van der Waals surface area (Å²) in [5.41, 5.74) is 0.0495. The van der Waals surface area contributed by atoms with Crippen molar-refractivity contribution >= 4 is 0 Å². The van der Waals surface area contributed by atoms with E-state index in [-0.39, 0.29) is 12.0 Å². The van der Waals surface area contributed by atoms with Gasteiger partial charge < -0.3 is 71.0 Å². The Kier molecular flexibility index (Phi) is 9.38. The second-order valence-corrected chi connectivity index (χ2v) is 9.08. The first kappa shape index (κ1) is 27.8. The van der Waals surface area contributed by atoms with Crippen molar-refractivity contribution < 1.29 is 65.6 Å². The van der Waals surface area contributed by atoms with Crippen LogP contribution in [0, 0.1) is 5.92 Å². The van der Waals surface area contributed by atoms with Crippen molar-refractivity contribution in [1.29, 1.82) is 0 Å². The van der Waals surface area contributed by atoms with Crippen molar-refractivity contribution in [1.82, 2.24) is 5.32 Å². The Morgan fingerprint density at radius 3 is 2.06 bits per heavy atom. The van der Waals surface area contributed by atoms with Crippen LogP contribution < -0.4 is 5.32 Å². The minimum atomic E-state index is -1.79. The zero-order valence-electron chi connectivity index (χ0n) is 18.2. The molecule has 12 N–H and O–H groups in total. The molecular weight excluding hydrogens is 462 g/mol. The Morgan fingerprint density at radius 2 is 1.47 bits per heavy atom. The summed E-state index contributed by atoms with van der Waals surface area (Å²) in [5.74, 6) is -0.840. The summed E-state index contributed by atoms with van der Waals surface area (Å²) in [4.78, 5) is 0. The fraction of sp³-hybridized carbons (Fsp3) is 0.900. The molecule has 1 heterocycles. The molecule has 3 rings (SSSR count). The topological polar surface area (TPSA) is 253 Å². The van der Waals surface area contributed by atoms with Gasteiger partial charge in [0.05, 0.1) is 31.5 Å². The third-order valence-corrected chi connectivity index (χ3v) is 6.90. The molecule has 0 bridgehead atoms. The maximum atomic E-state index is 10.9. The van der Waals surface area contributed by atoms with Gasteiger partial charge in [-0.2, -0.15) is 0 Å². The molecule has 14 heteroatoms. The fourth-order valence-electron chi connectivity index (χ4n) is 4.74. The van der Waals surface area contributed by atoms with Gasteiger partial charge >= 0.3 is 0 Å². The summed E-state index contributed by atoms with van der Waals surface area (Å²) in [6.07, 6.45) is -15.9. The Labute approximate surface area is 194 Å². The van der Waals surface area contributed by atoms with Gasteiger partial charge in [-0.25, -0.2) is 0 Å². The molecule has 14 nitrogen and oxygen atoms in total. The highest BCUT2D eigenvalue weighted by molar-refractivity contribution is 5.22. The highest BCUT2D eigenvalue weighted by Crippen LogP contribution is 2.32. The summed E-state index contributed by atoms with van der Waals surface area (Å²) >= 11 is 0. The lowest BCUT2D eigenvalue weighted by Crippen LogP contribution is -2.66. The first-order valence-corrected chi connectivity index (χ1v) is 11.1. The molecule has 34 heavy (non-hydrogen) atoms. The Bertz CT molecular complexity index is 695. The molecule has 0 aromatic heterocycles. The smallest absolute Gasteiger partial charge is 0.187 e. The van der Waals surface area contributed by atoms with Gasteiger partial charge in [-0.05, 0) is 12.0 Å². The van der Waals surface area contributed by atoms with Crippen molar-refractivity contribution in [3.05, 3.63) is 11.6 Å². The van der Waals surface area contributed by atoms with Crippen LogP contribution in [0.1, 0.15) is 6.42 Å². The molecule has 0 aromatic rings. The van der Waals surface area contributed by atoms with Crippen molar-refractivity contribution in [2.24, 2.45) is 5.92 Å². The molecular formula is C20H35NO13. The third kappa shape index (κ3) is 5.30. The summed E-state index contributed by atoms with van der Waals surface area (Å²) < 4.78 is 10.8. The highest BCUT2D eigenvalue weighted by Gasteiger charge is 2.50. The first-order chi connectivity index (χ1) is 16.0. The largest absolute Gasteiger partial charge is 0.396 e. The number of aliphatic hydroxyl groups is 11. The van der Waals surface area contributed by atoms with Crippen LogP contribution in [0.25, 0.3) is 0 Å². The van der Waals surface area contributed by atoms with E-state index in [1.54, 1.807) is 0 Å². The van der Waals surface area contributed by atoms with Gasteiger partial charge in [0, 0.05) is 18.6 Å². The molecule has 14 atom stereocenters. The average molecular weight is 497 g/mol. The maximum absolute atomic E-state index is 10.9. The lowest BCUT2D eigenvalue weighted by atomic mass is 9.78. The molecule has 2 fully saturated rings. The highest BCUT2D eigenvalue weighted by atomic mass is 16.7. The van der Waals surface area contributed by atoms with Crippen LogP contribution in [0.4, 0.5) is 0 Å². The zero-order valence-corrected chi connectivity index (χ0v) is 18.2. The summed E-state index contributed by atoms with van der Waals surface area (Å²) in [6.45, 7) is -1.82. The number of rotatable bonds is 7. The van der Waals surface area contributed by atoms with Gasteiger partial charge in [0.2, 0.25) is 0 Å². The monoisotopic (exact) mass is 497 g/mol. The third-order valence-electron chi connectivity index (χ3n) is 6.90. The van der Waals surface area contributed by atoms with Crippen LogP contribution in [0.3, 0.4) is 0 Å². The predicted molar refractivity (Wildman–Crippen MR) is 110 cm³/mol. The van der Waals surface area contributed by atoms with Crippen LogP contribution >= 0.6 is 0 Å². The lowest BCUT2D eigenvalue weighted by molar-refractivity contribution is -0.329. The van der Waals surface area contributed by atoms with E-state index in [2.05, 4.69) is 5.32 Å². The van der Waals surface area contributed by atoms with Crippen LogP contribution in [0.15, 0.2) is 11.6 Å². The normalized spacial score (nSPS) is 50.1. The quantitative estimate of drug-likeness (QED) is 0.146. The Hall–Kier alpha value is -0.820. The molecule has 0 spiro atoms. The van der Waals surface area contributed by atoms with Crippen molar-refractivity contribution in [2.45, 2.75) is 85.8 Å². The van der Waals surface area contributed by atoms with Gasteiger partial charge in [-0.1, -0.05) is 6.08 Å². The Morgan fingerprint density at radius 1 is 0.794 bits per heavy atom. The van der Waals surface area contributed by atoms with Crippen molar-refractivity contribution in [2.75, 3.05) is 19.8 Å². The fourth-order valence-corrected chi connectivity index (χ4v) is 4.74. The van der Waals surface area contributed by atoms with Crippen LogP contribution in [0.5, 0.6) is 0 Å². The predicted octanol–water partition coefficient (Wildman–Crippen LogP) is -6.75. The standard InChI is InChI=1S/C20H35NO13/c22-3-6-1-8(13(27)16(30)11(6)25)21-9-2-7(4-23)12(26)19(14(9)28)34-20-18(32)17(31)15(29)10(5-24)33-20/h1,7-32H,2-5H2. The lowest BCUT2D eigenvalue weighted by Gasteiger charge is -2.47. The van der Waals surface area contributed by atoms with E-state index in [1.807, 2.05) is 0 Å². The van der Waals surface area contributed by atoms with Gasteiger partial charge in [0.1, 0.15) is 48.8 Å². The minimum absolute atomic E-state index is 0.00244. The first-order valence-electron chi connectivity index (χ1n) is 11.1.